The summed E-state index contributed by atoms with van der Waals surface area (Å²) in [6.45, 7) is 3.14. The molecular weight excluding hydrogens is 252 g/mol. The first-order chi connectivity index (χ1) is 9.84. The third kappa shape index (κ3) is 2.96. The van der Waals surface area contributed by atoms with Crippen LogP contribution in [0.25, 0.3) is 0 Å². The van der Waals surface area contributed by atoms with Gasteiger partial charge in [-0.25, -0.2) is 0 Å². The van der Waals surface area contributed by atoms with Crippen LogP contribution in [0.1, 0.15) is 24.0 Å². The molecule has 0 atom stereocenters. The molecule has 4 nitrogen and oxygen atoms in total. The number of anilines is 1. The molecule has 0 saturated carbocycles. The van der Waals surface area contributed by atoms with E-state index in [4.69, 9.17) is 4.74 Å². The van der Waals surface area contributed by atoms with Crippen molar-refractivity contribution in [2.45, 2.75) is 25.7 Å². The molecule has 1 aromatic rings. The van der Waals surface area contributed by atoms with E-state index in [0.29, 0.717) is 32.8 Å². The third-order valence-corrected chi connectivity index (χ3v) is 4.19. The zero-order valence-corrected chi connectivity index (χ0v) is 11.9. The number of rotatable bonds is 3. The fourth-order valence-corrected chi connectivity index (χ4v) is 3.04. The SMILES string of the molecule is O=C(CNc1cccc2c1CCCC2)N1CCOCC1. The van der Waals surface area contributed by atoms with E-state index in [-0.39, 0.29) is 5.91 Å². The molecule has 1 aliphatic heterocycles. The minimum atomic E-state index is 0.168. The normalized spacial score (nSPS) is 18.5. The highest BCUT2D eigenvalue weighted by Crippen LogP contribution is 2.27. The highest BCUT2D eigenvalue weighted by Gasteiger charge is 2.17. The van der Waals surface area contributed by atoms with Crippen LogP contribution in [0.5, 0.6) is 0 Å². The molecule has 1 amide bonds. The molecule has 0 aromatic heterocycles. The molecule has 1 fully saturated rings. The molecule has 3 rings (SSSR count). The molecule has 0 spiro atoms. The monoisotopic (exact) mass is 274 g/mol. The Labute approximate surface area is 120 Å². The van der Waals surface area contributed by atoms with Crippen LogP contribution >= 0.6 is 0 Å². The molecule has 1 aliphatic carbocycles. The maximum atomic E-state index is 12.1. The molecule has 1 heterocycles. The van der Waals surface area contributed by atoms with Crippen LogP contribution in [-0.2, 0) is 22.4 Å². The Morgan fingerprint density at radius 2 is 2.00 bits per heavy atom. The fourth-order valence-electron chi connectivity index (χ4n) is 3.04. The first kappa shape index (κ1) is 13.4. The third-order valence-electron chi connectivity index (χ3n) is 4.19. The van der Waals surface area contributed by atoms with Crippen molar-refractivity contribution in [1.82, 2.24) is 4.90 Å². The molecule has 20 heavy (non-hydrogen) atoms. The van der Waals surface area contributed by atoms with Gasteiger partial charge in [-0.2, -0.15) is 0 Å². The lowest BCUT2D eigenvalue weighted by Crippen LogP contribution is -2.43. The summed E-state index contributed by atoms with van der Waals surface area (Å²) in [6, 6.07) is 6.39. The zero-order valence-electron chi connectivity index (χ0n) is 11.9. The molecule has 0 bridgehead atoms. The summed E-state index contributed by atoms with van der Waals surface area (Å²) in [4.78, 5) is 14.0. The summed E-state index contributed by atoms with van der Waals surface area (Å²) < 4.78 is 5.27. The van der Waals surface area contributed by atoms with Crippen molar-refractivity contribution < 1.29 is 9.53 Å². The number of carbonyl (C=O) groups is 1. The van der Waals surface area contributed by atoms with E-state index >= 15 is 0 Å². The Morgan fingerprint density at radius 3 is 2.85 bits per heavy atom. The maximum absolute atomic E-state index is 12.1. The van der Waals surface area contributed by atoms with Gasteiger partial charge in [0, 0.05) is 18.8 Å². The predicted octanol–water partition coefficient (Wildman–Crippen LogP) is 1.84. The lowest BCUT2D eigenvalue weighted by Gasteiger charge is -2.27. The number of morpholine rings is 1. The van der Waals surface area contributed by atoms with Gasteiger partial charge in [0.2, 0.25) is 5.91 Å². The highest BCUT2D eigenvalue weighted by molar-refractivity contribution is 5.81. The van der Waals surface area contributed by atoms with E-state index in [2.05, 4.69) is 23.5 Å². The van der Waals surface area contributed by atoms with Crippen LogP contribution < -0.4 is 5.32 Å². The smallest absolute Gasteiger partial charge is 0.242 e. The van der Waals surface area contributed by atoms with Crippen LogP contribution in [0.15, 0.2) is 18.2 Å². The molecule has 2 aliphatic rings. The number of aryl methyl sites for hydroxylation is 1. The molecule has 0 unspecified atom stereocenters. The van der Waals surface area contributed by atoms with Gasteiger partial charge in [-0.15, -0.1) is 0 Å². The number of amides is 1. The molecular formula is C16H22N2O2. The molecule has 4 heteroatoms. The second-order valence-electron chi connectivity index (χ2n) is 5.50. The largest absolute Gasteiger partial charge is 0.378 e. The van der Waals surface area contributed by atoms with Crippen molar-refractivity contribution in [3.8, 4) is 0 Å². The number of hydrogen-bond donors (Lipinski definition) is 1. The average Bonchev–Trinajstić information content (AvgIpc) is 2.53. The van der Waals surface area contributed by atoms with Crippen LogP contribution in [0.2, 0.25) is 0 Å². The molecule has 1 saturated heterocycles. The summed E-state index contributed by atoms with van der Waals surface area (Å²) in [6.07, 6.45) is 4.83. The van der Waals surface area contributed by atoms with Gasteiger partial charge in [-0.1, -0.05) is 12.1 Å². The Bertz CT molecular complexity index is 481. The van der Waals surface area contributed by atoms with E-state index < -0.39 is 0 Å². The minimum absolute atomic E-state index is 0.168. The summed E-state index contributed by atoms with van der Waals surface area (Å²) >= 11 is 0. The van der Waals surface area contributed by atoms with E-state index in [1.54, 1.807) is 0 Å². The Morgan fingerprint density at radius 1 is 1.20 bits per heavy atom. The minimum Gasteiger partial charge on any atom is -0.378 e. The lowest BCUT2D eigenvalue weighted by molar-refractivity contribution is -0.133. The highest BCUT2D eigenvalue weighted by atomic mass is 16.5. The number of hydrogen-bond acceptors (Lipinski definition) is 3. The van der Waals surface area contributed by atoms with Crippen molar-refractivity contribution in [1.29, 1.82) is 0 Å². The number of nitrogens with one attached hydrogen (secondary N) is 1. The Hall–Kier alpha value is -1.55. The second kappa shape index (κ2) is 6.27. The first-order valence-corrected chi connectivity index (χ1v) is 7.55. The maximum Gasteiger partial charge on any atom is 0.242 e. The van der Waals surface area contributed by atoms with Crippen molar-refractivity contribution in [2.75, 3.05) is 38.2 Å². The quantitative estimate of drug-likeness (QED) is 0.914. The van der Waals surface area contributed by atoms with Gasteiger partial charge in [-0.3, -0.25) is 4.79 Å². The summed E-state index contributed by atoms with van der Waals surface area (Å²) in [5, 5.41) is 3.34. The summed E-state index contributed by atoms with van der Waals surface area (Å²) in [5.74, 6) is 0.168. The standard InChI is InChI=1S/C16H22N2O2/c19-16(18-8-10-20-11-9-18)12-17-15-7-3-5-13-4-1-2-6-14(13)15/h3,5,7,17H,1-2,4,6,8-12H2. The van der Waals surface area contributed by atoms with Crippen LogP contribution in [0.3, 0.4) is 0 Å². The molecule has 0 radical (unpaired) electrons. The molecule has 108 valence electrons. The zero-order chi connectivity index (χ0) is 13.8. The van der Waals surface area contributed by atoms with E-state index in [1.165, 1.54) is 30.4 Å². The summed E-state index contributed by atoms with van der Waals surface area (Å²) in [5.41, 5.74) is 4.00. The summed E-state index contributed by atoms with van der Waals surface area (Å²) in [7, 11) is 0. The van der Waals surface area contributed by atoms with E-state index in [0.717, 1.165) is 12.1 Å². The second-order valence-corrected chi connectivity index (χ2v) is 5.50. The lowest BCUT2D eigenvalue weighted by atomic mass is 9.90. The van der Waals surface area contributed by atoms with Crippen LogP contribution in [-0.4, -0.2) is 43.7 Å². The average molecular weight is 274 g/mol. The topological polar surface area (TPSA) is 41.6 Å². The van der Waals surface area contributed by atoms with Crippen LogP contribution in [0, 0.1) is 0 Å². The predicted molar refractivity (Wildman–Crippen MR) is 79.0 cm³/mol. The van der Waals surface area contributed by atoms with Gasteiger partial charge in [0.1, 0.15) is 0 Å². The number of nitrogens with zero attached hydrogens (tertiary/aromatic N) is 1. The van der Waals surface area contributed by atoms with Gasteiger partial charge >= 0.3 is 0 Å². The van der Waals surface area contributed by atoms with Gasteiger partial charge < -0.3 is 15.0 Å². The van der Waals surface area contributed by atoms with Crippen molar-refractivity contribution in [3.63, 3.8) is 0 Å². The fraction of sp³-hybridized carbons (Fsp3) is 0.562. The number of carbonyl (C=O) groups excluding carboxylic acids is 1. The Kier molecular flexibility index (Phi) is 4.21. The Balaban J connectivity index is 1.62. The van der Waals surface area contributed by atoms with Crippen molar-refractivity contribution >= 4 is 11.6 Å². The van der Waals surface area contributed by atoms with E-state index in [9.17, 15) is 4.79 Å². The van der Waals surface area contributed by atoms with Crippen LogP contribution in [0.4, 0.5) is 5.69 Å². The van der Waals surface area contributed by atoms with Crippen molar-refractivity contribution in [2.24, 2.45) is 0 Å². The number of ether oxygens (including phenoxy) is 1. The first-order valence-electron chi connectivity index (χ1n) is 7.55. The van der Waals surface area contributed by atoms with Gasteiger partial charge in [0.25, 0.3) is 0 Å². The van der Waals surface area contributed by atoms with Gasteiger partial charge in [-0.05, 0) is 42.9 Å². The molecule has 1 aromatic carbocycles. The van der Waals surface area contributed by atoms with Gasteiger partial charge in [0.05, 0.1) is 19.8 Å². The number of benzene rings is 1. The van der Waals surface area contributed by atoms with Crippen molar-refractivity contribution in [3.05, 3.63) is 29.3 Å². The molecule has 1 N–H and O–H groups in total. The number of fused-ring (bicyclic) bond motifs is 1. The van der Waals surface area contributed by atoms with E-state index in [1.807, 2.05) is 4.90 Å². The van der Waals surface area contributed by atoms with Gasteiger partial charge in [0.15, 0.2) is 0 Å².